The van der Waals surface area contributed by atoms with E-state index in [1.54, 1.807) is 27.8 Å². The van der Waals surface area contributed by atoms with Crippen LogP contribution in [0.15, 0.2) is 102 Å². The molecule has 3 atom stereocenters. The van der Waals surface area contributed by atoms with E-state index >= 15 is 0 Å². The summed E-state index contributed by atoms with van der Waals surface area (Å²) in [5, 5.41) is 8.64. The molecule has 0 radical (unpaired) electrons. The molecule has 6 rings (SSSR count). The zero-order chi connectivity index (χ0) is 32.8. The van der Waals surface area contributed by atoms with Gasteiger partial charge in [-0.15, -0.1) is 0 Å². The lowest BCUT2D eigenvalue weighted by Crippen LogP contribution is -2.46. The lowest BCUT2D eigenvalue weighted by atomic mass is 10.1. The van der Waals surface area contributed by atoms with Crippen molar-refractivity contribution in [2.75, 3.05) is 49.2 Å². The van der Waals surface area contributed by atoms with Crippen molar-refractivity contribution in [2.24, 2.45) is 0 Å². The summed E-state index contributed by atoms with van der Waals surface area (Å²) >= 11 is 0. The molecular weight excluding hydrogens is 594 g/mol. The Labute approximate surface area is 276 Å². The number of nitrogens with zero attached hydrogens (tertiary/aromatic N) is 7. The Hall–Kier alpha value is -4.61. The summed E-state index contributed by atoms with van der Waals surface area (Å²) in [5.74, 6) is -0.0237. The van der Waals surface area contributed by atoms with Crippen LogP contribution in [0.3, 0.4) is 0 Å². The van der Waals surface area contributed by atoms with Gasteiger partial charge < -0.3 is 24.0 Å². The van der Waals surface area contributed by atoms with E-state index in [4.69, 9.17) is 14.2 Å². The van der Waals surface area contributed by atoms with E-state index in [-0.39, 0.29) is 17.8 Å². The lowest BCUT2D eigenvalue weighted by Gasteiger charge is -2.37. The molecule has 0 bridgehead atoms. The van der Waals surface area contributed by atoms with Gasteiger partial charge in [-0.2, -0.15) is 10.2 Å². The Morgan fingerprint density at radius 3 is 2.32 bits per heavy atom. The third kappa shape index (κ3) is 7.21. The first kappa shape index (κ1) is 32.3. The van der Waals surface area contributed by atoms with Crippen LogP contribution in [0.2, 0.25) is 0 Å². The van der Waals surface area contributed by atoms with Crippen LogP contribution in [0.5, 0.6) is 5.75 Å². The molecular formula is C36H45N7O4. The summed E-state index contributed by atoms with van der Waals surface area (Å²) in [6.07, 6.45) is 10.4. The molecule has 0 unspecified atom stereocenters. The predicted molar refractivity (Wildman–Crippen MR) is 184 cm³/mol. The van der Waals surface area contributed by atoms with Crippen molar-refractivity contribution in [1.29, 1.82) is 0 Å². The molecule has 47 heavy (non-hydrogen) atoms. The van der Waals surface area contributed by atoms with Crippen LogP contribution in [0.25, 0.3) is 5.69 Å². The van der Waals surface area contributed by atoms with Gasteiger partial charge in [-0.25, -0.2) is 14.0 Å². The minimum Gasteiger partial charge on any atom is -0.493 e. The fraction of sp³-hybridized carbons (Fsp3) is 0.417. The zero-order valence-corrected chi connectivity index (χ0v) is 27.6. The highest BCUT2D eigenvalue weighted by Crippen LogP contribution is 2.34. The van der Waals surface area contributed by atoms with Gasteiger partial charge in [-0.3, -0.25) is 4.68 Å². The third-order valence-corrected chi connectivity index (χ3v) is 9.14. The topological polar surface area (TPSA) is 91.8 Å². The summed E-state index contributed by atoms with van der Waals surface area (Å²) in [4.78, 5) is 17.6. The molecule has 0 saturated carbocycles. The maximum absolute atomic E-state index is 12.8. The first-order valence-corrected chi connectivity index (χ1v) is 16.5. The fourth-order valence-corrected chi connectivity index (χ4v) is 6.11. The summed E-state index contributed by atoms with van der Waals surface area (Å²) in [6.45, 7) is 15.0. The Morgan fingerprint density at radius 1 is 1.04 bits per heavy atom. The maximum atomic E-state index is 12.8. The van der Waals surface area contributed by atoms with Crippen molar-refractivity contribution >= 4 is 11.4 Å². The van der Waals surface area contributed by atoms with E-state index in [1.807, 2.05) is 61.1 Å². The first-order chi connectivity index (χ1) is 22.9. The molecule has 0 N–H and O–H groups in total. The normalized spacial score (nSPS) is 20.8. The van der Waals surface area contributed by atoms with Crippen LogP contribution in [-0.4, -0.2) is 75.4 Å². The number of ether oxygens (including phenoxy) is 3. The molecule has 11 heteroatoms. The molecule has 4 heterocycles. The predicted octanol–water partition coefficient (Wildman–Crippen LogP) is 5.24. The van der Waals surface area contributed by atoms with Gasteiger partial charge in [-0.1, -0.05) is 25.7 Å². The van der Waals surface area contributed by atoms with Gasteiger partial charge in [0.15, 0.2) is 0 Å². The Bertz CT molecular complexity index is 1690. The van der Waals surface area contributed by atoms with Crippen LogP contribution < -0.4 is 20.2 Å². The van der Waals surface area contributed by atoms with Crippen molar-refractivity contribution in [3.05, 3.63) is 108 Å². The van der Waals surface area contributed by atoms with Gasteiger partial charge in [0.2, 0.25) is 5.79 Å². The van der Waals surface area contributed by atoms with Crippen molar-refractivity contribution in [2.45, 2.75) is 58.1 Å². The van der Waals surface area contributed by atoms with Crippen molar-refractivity contribution in [3.63, 3.8) is 0 Å². The van der Waals surface area contributed by atoms with Crippen LogP contribution in [0.4, 0.5) is 11.4 Å². The van der Waals surface area contributed by atoms with E-state index in [9.17, 15) is 4.79 Å². The molecule has 0 amide bonds. The average Bonchev–Trinajstić information content (AvgIpc) is 3.86. The average molecular weight is 640 g/mol. The summed E-state index contributed by atoms with van der Waals surface area (Å²) in [6, 6.07) is 18.5. The van der Waals surface area contributed by atoms with Crippen LogP contribution in [0, 0.1) is 0 Å². The van der Waals surface area contributed by atoms with Crippen LogP contribution >= 0.6 is 0 Å². The van der Waals surface area contributed by atoms with E-state index in [2.05, 4.69) is 57.8 Å². The quantitative estimate of drug-likeness (QED) is 0.184. The number of hydrogen-bond donors (Lipinski definition) is 0. The van der Waals surface area contributed by atoms with E-state index in [0.29, 0.717) is 26.2 Å². The highest BCUT2D eigenvalue weighted by atomic mass is 16.7. The highest BCUT2D eigenvalue weighted by molar-refractivity contribution is 5.54. The SMILES string of the molecule is C=C/C=C(\C)[C@@]1(Cn2cccn2)OC[C@H](CCOc2ccc(N3CCN(c4ccc(-n5cnn([C@H](C)CC)c5=O)cc4)CC3)cc2)O1. The number of anilines is 2. The Morgan fingerprint density at radius 2 is 1.70 bits per heavy atom. The van der Waals surface area contributed by atoms with Crippen LogP contribution in [-0.2, 0) is 16.0 Å². The number of piperazine rings is 1. The molecule has 0 spiro atoms. The largest absolute Gasteiger partial charge is 0.493 e. The molecule has 248 valence electrons. The van der Waals surface area contributed by atoms with Gasteiger partial charge >= 0.3 is 5.69 Å². The molecule has 2 fully saturated rings. The number of rotatable bonds is 13. The summed E-state index contributed by atoms with van der Waals surface area (Å²) in [7, 11) is 0. The minimum atomic E-state index is -0.862. The molecule has 4 aromatic rings. The van der Waals surface area contributed by atoms with E-state index < -0.39 is 5.79 Å². The number of aromatic nitrogens is 5. The first-order valence-electron chi connectivity index (χ1n) is 16.5. The van der Waals surface area contributed by atoms with Crippen molar-refractivity contribution in [1.82, 2.24) is 24.1 Å². The molecule has 2 aromatic heterocycles. The number of benzene rings is 2. The molecule has 2 aromatic carbocycles. The molecule has 0 aliphatic carbocycles. The zero-order valence-electron chi connectivity index (χ0n) is 27.6. The number of hydrogen-bond acceptors (Lipinski definition) is 8. The monoisotopic (exact) mass is 639 g/mol. The minimum absolute atomic E-state index is 0.0751. The van der Waals surface area contributed by atoms with Gasteiger partial charge in [-0.05, 0) is 80.4 Å². The van der Waals surface area contributed by atoms with Gasteiger partial charge in [0.1, 0.15) is 12.1 Å². The Kier molecular flexibility index (Phi) is 9.93. The van der Waals surface area contributed by atoms with Crippen molar-refractivity contribution < 1.29 is 14.2 Å². The van der Waals surface area contributed by atoms with Crippen LogP contribution in [0.1, 0.15) is 39.7 Å². The summed E-state index contributed by atoms with van der Waals surface area (Å²) in [5.41, 5.74) is 4.02. The van der Waals surface area contributed by atoms with Gasteiger partial charge in [0, 0.05) is 56.4 Å². The number of allylic oxidation sites excluding steroid dienone is 2. The second kappa shape index (κ2) is 14.4. The van der Waals surface area contributed by atoms with E-state index in [0.717, 1.165) is 55.3 Å². The van der Waals surface area contributed by atoms with Gasteiger partial charge in [0.05, 0.1) is 37.6 Å². The lowest BCUT2D eigenvalue weighted by molar-refractivity contribution is -0.150. The molecule has 2 saturated heterocycles. The molecule has 2 aliphatic heterocycles. The second-order valence-electron chi connectivity index (χ2n) is 12.2. The van der Waals surface area contributed by atoms with Gasteiger partial charge in [0.25, 0.3) is 0 Å². The standard InChI is InChI=1S/C36H45N7O4/c1-5-8-28(3)36(26-41-19-7-18-37-41)46-25-34(47-36)17-24-45-33-15-13-31(14-16-33)40-22-20-39(21-23-40)30-9-11-32(12-10-30)42-27-38-43(35(42)44)29(4)6-2/h5,7-16,18-19,27,29,34H,1,6,17,20-26H2,2-4H3/b28-8+/t29-,34+,36+/m1/s1. The fourth-order valence-electron chi connectivity index (χ4n) is 6.11. The van der Waals surface area contributed by atoms with Crippen molar-refractivity contribution in [3.8, 4) is 11.4 Å². The third-order valence-electron chi connectivity index (χ3n) is 9.14. The summed E-state index contributed by atoms with van der Waals surface area (Å²) < 4.78 is 23.8. The smallest absolute Gasteiger partial charge is 0.350 e. The second-order valence-corrected chi connectivity index (χ2v) is 12.2. The molecule has 11 nitrogen and oxygen atoms in total. The Balaban J connectivity index is 0.969. The highest BCUT2D eigenvalue weighted by Gasteiger charge is 2.43. The maximum Gasteiger partial charge on any atom is 0.350 e. The molecule has 2 aliphatic rings. The van der Waals surface area contributed by atoms with E-state index in [1.165, 1.54) is 5.69 Å².